The molecule has 0 bridgehead atoms. The van der Waals surface area contributed by atoms with Crippen molar-refractivity contribution in [2.24, 2.45) is 0 Å². The summed E-state index contributed by atoms with van der Waals surface area (Å²) in [5.74, 6) is 1.50. The van der Waals surface area contributed by atoms with E-state index in [4.69, 9.17) is 35.6 Å². The van der Waals surface area contributed by atoms with Crippen LogP contribution in [0.2, 0.25) is 5.02 Å². The number of anilines is 2. The molecule has 0 spiro atoms. The number of ether oxygens (including phenoxy) is 4. The van der Waals surface area contributed by atoms with E-state index in [0.717, 1.165) is 68.8 Å². The van der Waals surface area contributed by atoms with Gasteiger partial charge in [0.2, 0.25) is 5.95 Å². The number of hydrogen-bond donors (Lipinski definition) is 1. The fraction of sp³-hybridized carbons (Fsp3) is 0.562. The highest BCUT2D eigenvalue weighted by molar-refractivity contribution is 6.32. The Hall–Kier alpha value is -3.85. The molecule has 1 N–H and O–H groups in total. The Morgan fingerprint density at radius 3 is 2.49 bits per heavy atom. The molecule has 1 atom stereocenters. The molecular formula is C32H43ClN10O4. The van der Waals surface area contributed by atoms with Gasteiger partial charge in [0.1, 0.15) is 30.5 Å². The molecule has 2 aliphatic rings. The highest BCUT2D eigenvalue weighted by Crippen LogP contribution is 2.35. The molecule has 6 rings (SSSR count). The predicted octanol–water partition coefficient (Wildman–Crippen LogP) is 4.81. The first-order chi connectivity index (χ1) is 22.9. The molecule has 47 heavy (non-hydrogen) atoms. The summed E-state index contributed by atoms with van der Waals surface area (Å²) in [7, 11) is 0. The van der Waals surface area contributed by atoms with E-state index in [1.165, 1.54) is 0 Å². The fourth-order valence-corrected chi connectivity index (χ4v) is 6.19. The van der Waals surface area contributed by atoms with E-state index in [9.17, 15) is 0 Å². The molecule has 15 heteroatoms. The highest BCUT2D eigenvalue weighted by Gasteiger charge is 2.29. The van der Waals surface area contributed by atoms with E-state index in [1.54, 1.807) is 29.5 Å². The van der Waals surface area contributed by atoms with Gasteiger partial charge >= 0.3 is 0 Å². The van der Waals surface area contributed by atoms with Gasteiger partial charge in [-0.3, -0.25) is 9.58 Å². The van der Waals surface area contributed by atoms with Crippen LogP contribution in [0.25, 0.3) is 11.1 Å². The molecule has 0 unspecified atom stereocenters. The van der Waals surface area contributed by atoms with E-state index >= 15 is 0 Å². The Balaban J connectivity index is 1.12. The zero-order valence-electron chi connectivity index (χ0n) is 27.2. The molecule has 14 nitrogen and oxygen atoms in total. The third-order valence-electron chi connectivity index (χ3n) is 8.40. The molecule has 252 valence electrons. The Kier molecular flexibility index (Phi) is 11.1. The van der Waals surface area contributed by atoms with Gasteiger partial charge in [0, 0.05) is 37.1 Å². The number of aromatic nitrogens is 8. The van der Waals surface area contributed by atoms with Gasteiger partial charge in [-0.25, -0.2) is 14.6 Å². The lowest BCUT2D eigenvalue weighted by molar-refractivity contribution is 0.00501. The minimum atomic E-state index is -0.205. The van der Waals surface area contributed by atoms with Crippen LogP contribution in [0.4, 0.5) is 11.6 Å². The number of morpholine rings is 1. The number of tetrazole rings is 1. The standard InChI is InChI=1S/C32H43ClN10O4/c1-22(2)45-14-15-46-31-29(20-43(38-31)27-7-5-26(6-8-27)41-10-12-44-13-11-41)37-32-34-17-25(18-35-32)24-4-9-28(33)30(16-24)47-23(3)19-42-21-36-39-40-42/h4,9,16-18,20-23,26-27H,5-8,10-15,19H2,1-3H3,(H,34,35,37)/t23-,26?,27?/m0/s1. The molecular weight excluding hydrogens is 624 g/mol. The second kappa shape index (κ2) is 15.8. The first kappa shape index (κ1) is 33.1. The molecule has 1 aliphatic heterocycles. The number of hydrogen-bond acceptors (Lipinski definition) is 12. The number of nitrogens with one attached hydrogen (secondary N) is 1. The third-order valence-corrected chi connectivity index (χ3v) is 8.71. The topological polar surface area (TPSA) is 139 Å². The van der Waals surface area contributed by atoms with E-state index in [2.05, 4.69) is 35.7 Å². The summed E-state index contributed by atoms with van der Waals surface area (Å²) >= 11 is 6.45. The summed E-state index contributed by atoms with van der Waals surface area (Å²) < 4.78 is 27.1. The largest absolute Gasteiger partial charge is 0.487 e. The van der Waals surface area contributed by atoms with Gasteiger partial charge < -0.3 is 24.3 Å². The summed E-state index contributed by atoms with van der Waals surface area (Å²) in [5, 5.41) is 19.9. The Bertz CT molecular complexity index is 1540. The van der Waals surface area contributed by atoms with Crippen molar-refractivity contribution < 1.29 is 18.9 Å². The molecule has 1 saturated carbocycles. The highest BCUT2D eigenvalue weighted by atomic mass is 35.5. The fourth-order valence-electron chi connectivity index (χ4n) is 6.02. The van der Waals surface area contributed by atoms with Crippen molar-refractivity contribution in [1.29, 1.82) is 0 Å². The minimum absolute atomic E-state index is 0.131. The van der Waals surface area contributed by atoms with E-state index in [1.807, 2.05) is 43.8 Å². The van der Waals surface area contributed by atoms with Crippen molar-refractivity contribution >= 4 is 23.2 Å². The molecule has 4 heterocycles. The van der Waals surface area contributed by atoms with Crippen LogP contribution in [0, 0.1) is 0 Å². The van der Waals surface area contributed by atoms with Crippen molar-refractivity contribution in [3.05, 3.63) is 48.1 Å². The molecule has 1 saturated heterocycles. The van der Waals surface area contributed by atoms with Crippen molar-refractivity contribution in [2.45, 2.75) is 77.3 Å². The SMILES string of the molecule is CC(C)OCCOc1nn(C2CCC(N3CCOCC3)CC2)cc1Nc1ncc(-c2ccc(Cl)c(O[C@@H](C)Cn3cnnn3)c2)cn1. The summed E-state index contributed by atoms with van der Waals surface area (Å²) in [6.45, 7) is 11.0. The maximum atomic E-state index is 6.45. The summed E-state index contributed by atoms with van der Waals surface area (Å²) in [5.41, 5.74) is 2.41. The molecule has 3 aromatic heterocycles. The average Bonchev–Trinajstić information content (AvgIpc) is 3.75. The quantitative estimate of drug-likeness (QED) is 0.185. The molecule has 1 aliphatic carbocycles. The Morgan fingerprint density at radius 2 is 1.77 bits per heavy atom. The zero-order chi connectivity index (χ0) is 32.6. The molecule has 4 aromatic rings. The molecule has 0 radical (unpaired) electrons. The van der Waals surface area contributed by atoms with Crippen LogP contribution in [0.3, 0.4) is 0 Å². The Labute approximate surface area is 279 Å². The van der Waals surface area contributed by atoms with E-state index < -0.39 is 0 Å². The first-order valence-electron chi connectivity index (χ1n) is 16.3. The number of rotatable bonds is 14. The van der Waals surface area contributed by atoms with Gasteiger partial charge in [-0.15, -0.1) is 10.2 Å². The van der Waals surface area contributed by atoms with E-state index in [-0.39, 0.29) is 12.2 Å². The lowest BCUT2D eigenvalue weighted by atomic mass is 9.90. The van der Waals surface area contributed by atoms with Crippen molar-refractivity contribution in [1.82, 2.24) is 44.9 Å². The number of benzene rings is 1. The van der Waals surface area contributed by atoms with Gasteiger partial charge in [-0.1, -0.05) is 17.7 Å². The summed E-state index contributed by atoms with van der Waals surface area (Å²) in [4.78, 5) is 11.8. The van der Waals surface area contributed by atoms with Crippen LogP contribution in [0.1, 0.15) is 52.5 Å². The first-order valence-corrected chi connectivity index (χ1v) is 16.7. The maximum absolute atomic E-state index is 6.45. The lowest BCUT2D eigenvalue weighted by Gasteiger charge is -2.38. The van der Waals surface area contributed by atoms with Crippen LogP contribution in [0.15, 0.2) is 43.1 Å². The van der Waals surface area contributed by atoms with Crippen LogP contribution in [-0.4, -0.2) is 103 Å². The van der Waals surface area contributed by atoms with Crippen LogP contribution in [-0.2, 0) is 16.0 Å². The number of halogens is 1. The van der Waals surface area contributed by atoms with Crippen molar-refractivity contribution in [3.8, 4) is 22.8 Å². The lowest BCUT2D eigenvalue weighted by Crippen LogP contribution is -2.45. The molecule has 0 amide bonds. The Morgan fingerprint density at radius 1 is 1.00 bits per heavy atom. The van der Waals surface area contributed by atoms with Gasteiger partial charge in [-0.2, -0.15) is 0 Å². The molecule has 2 fully saturated rings. The normalized spacial score (nSPS) is 19.5. The second-order valence-corrected chi connectivity index (χ2v) is 12.6. The van der Waals surface area contributed by atoms with Gasteiger partial charge in [0.05, 0.1) is 49.7 Å². The van der Waals surface area contributed by atoms with Crippen molar-refractivity contribution in [3.63, 3.8) is 0 Å². The summed E-state index contributed by atoms with van der Waals surface area (Å²) in [6, 6.07) is 6.51. The summed E-state index contributed by atoms with van der Waals surface area (Å²) in [6.07, 6.45) is 11.4. The number of nitrogens with zero attached hydrogens (tertiary/aromatic N) is 9. The smallest absolute Gasteiger partial charge is 0.257 e. The minimum Gasteiger partial charge on any atom is -0.487 e. The third kappa shape index (κ3) is 8.95. The maximum Gasteiger partial charge on any atom is 0.257 e. The van der Waals surface area contributed by atoms with Crippen LogP contribution < -0.4 is 14.8 Å². The average molecular weight is 667 g/mol. The van der Waals surface area contributed by atoms with E-state index in [0.29, 0.717) is 54.4 Å². The molecule has 1 aromatic carbocycles. The van der Waals surface area contributed by atoms with Crippen molar-refractivity contribution in [2.75, 3.05) is 44.8 Å². The van der Waals surface area contributed by atoms with Crippen LogP contribution >= 0.6 is 11.6 Å². The van der Waals surface area contributed by atoms with Gasteiger partial charge in [-0.05, 0) is 74.6 Å². The van der Waals surface area contributed by atoms with Crippen LogP contribution in [0.5, 0.6) is 11.6 Å². The predicted molar refractivity (Wildman–Crippen MR) is 176 cm³/mol. The van der Waals surface area contributed by atoms with Gasteiger partial charge in [0.15, 0.2) is 0 Å². The second-order valence-electron chi connectivity index (χ2n) is 12.2. The monoisotopic (exact) mass is 666 g/mol. The van der Waals surface area contributed by atoms with Gasteiger partial charge in [0.25, 0.3) is 5.88 Å². The zero-order valence-corrected chi connectivity index (χ0v) is 27.9.